The summed E-state index contributed by atoms with van der Waals surface area (Å²) >= 11 is 1.53. The van der Waals surface area contributed by atoms with E-state index in [0.717, 1.165) is 15.2 Å². The topological polar surface area (TPSA) is 70.1 Å². The Morgan fingerprint density at radius 2 is 1.85 bits per heavy atom. The van der Waals surface area contributed by atoms with Crippen molar-refractivity contribution >= 4 is 33.3 Å². The maximum Gasteiger partial charge on any atom is 1.00 e. The number of thiazole rings is 1. The number of carboxylic acid groups (broad SMARTS) is 1. The van der Waals surface area contributed by atoms with Crippen LogP contribution in [0.5, 0.6) is 0 Å². The molecule has 1 aromatic heterocycles. The van der Waals surface area contributed by atoms with Crippen LogP contribution in [0.1, 0.15) is 30.7 Å². The van der Waals surface area contributed by atoms with Crippen LogP contribution in [-0.2, 0) is 16.0 Å². The zero-order valence-electron chi connectivity index (χ0n) is 11.4. The minimum absolute atomic E-state index is 0. The van der Waals surface area contributed by atoms with Gasteiger partial charge in [-0.15, -0.1) is 11.3 Å². The Kier molecular flexibility index (Phi) is 8.09. The molecule has 1 aromatic carbocycles. The predicted octanol–water partition coefficient (Wildman–Crippen LogP) is -1.28. The van der Waals surface area contributed by atoms with E-state index < -0.39 is 5.97 Å². The van der Waals surface area contributed by atoms with Crippen LogP contribution in [0.25, 0.3) is 10.2 Å². The molecule has 6 heteroatoms. The van der Waals surface area contributed by atoms with Crippen molar-refractivity contribution in [1.82, 2.24) is 4.98 Å². The molecule has 0 aliphatic heterocycles. The fraction of sp³-hybridized carbons (Fsp3) is 0.357. The number of fused-ring (bicyclic) bond motifs is 1. The van der Waals surface area contributed by atoms with Gasteiger partial charge < -0.3 is 9.90 Å². The number of benzene rings is 1. The molecule has 0 aliphatic carbocycles. The van der Waals surface area contributed by atoms with Gasteiger partial charge in [0.1, 0.15) is 10.8 Å². The molecule has 20 heavy (non-hydrogen) atoms. The molecule has 0 bridgehead atoms. The molecule has 0 aliphatic rings. The number of carbonyl (C=O) groups is 2. The smallest absolute Gasteiger partial charge is 0.550 e. The third kappa shape index (κ3) is 5.71. The summed E-state index contributed by atoms with van der Waals surface area (Å²) in [5.74, 6) is -0.948. The number of para-hydroxylation sites is 1. The number of ketones is 1. The van der Waals surface area contributed by atoms with Crippen LogP contribution < -0.4 is 56.5 Å². The Balaban J connectivity index is 0.00000200. The van der Waals surface area contributed by atoms with E-state index in [1.165, 1.54) is 11.3 Å². The Hall–Kier alpha value is -0.114. The van der Waals surface area contributed by atoms with E-state index >= 15 is 0 Å². The quantitative estimate of drug-likeness (QED) is 0.471. The predicted molar refractivity (Wildman–Crippen MR) is 71.8 cm³/mol. The molecule has 0 spiro atoms. The Labute approximate surface area is 164 Å². The summed E-state index contributed by atoms with van der Waals surface area (Å²) in [4.78, 5) is 26.4. The summed E-state index contributed by atoms with van der Waals surface area (Å²) < 4.78 is 1.09. The fourth-order valence-electron chi connectivity index (χ4n) is 1.84. The summed E-state index contributed by atoms with van der Waals surface area (Å²) in [5.41, 5.74) is 0.923. The number of carboxylic acids is 1. The second-order valence-electron chi connectivity index (χ2n) is 4.37. The van der Waals surface area contributed by atoms with Gasteiger partial charge in [0.05, 0.1) is 16.6 Å². The van der Waals surface area contributed by atoms with Gasteiger partial charge >= 0.3 is 51.4 Å². The first-order valence-corrected chi connectivity index (χ1v) is 7.03. The molecule has 0 unspecified atom stereocenters. The van der Waals surface area contributed by atoms with E-state index in [4.69, 9.17) is 0 Å². The van der Waals surface area contributed by atoms with Crippen molar-refractivity contribution in [2.75, 3.05) is 0 Å². The van der Waals surface area contributed by atoms with E-state index in [9.17, 15) is 14.7 Å². The summed E-state index contributed by atoms with van der Waals surface area (Å²) in [7, 11) is 0. The molecular formula is C14H14KNO3S. The number of carbonyl (C=O) groups excluding carboxylic acids is 2. The van der Waals surface area contributed by atoms with Gasteiger partial charge in [0.15, 0.2) is 0 Å². The first-order valence-electron chi connectivity index (χ1n) is 6.21. The van der Waals surface area contributed by atoms with Gasteiger partial charge in [-0.2, -0.15) is 0 Å². The summed E-state index contributed by atoms with van der Waals surface area (Å²) in [6.45, 7) is 0. The molecule has 0 radical (unpaired) electrons. The summed E-state index contributed by atoms with van der Waals surface area (Å²) in [5, 5.41) is 11.1. The van der Waals surface area contributed by atoms with Crippen LogP contribution in [0.4, 0.5) is 0 Å². The standard InChI is InChI=1S/C14H15NO3S.K/c16-10(5-1-4-8-14(17)18)9-13-15-11-6-2-3-7-12(11)19-13;/h2-3,6-7H,1,4-5,8-9H2,(H,17,18);/q;+1/p-1. The maximum atomic E-state index is 11.7. The largest absolute Gasteiger partial charge is 1.00 e. The zero-order chi connectivity index (χ0) is 13.7. The molecule has 4 nitrogen and oxygen atoms in total. The zero-order valence-corrected chi connectivity index (χ0v) is 15.4. The van der Waals surface area contributed by atoms with Crippen molar-refractivity contribution < 1.29 is 66.1 Å². The van der Waals surface area contributed by atoms with E-state index in [-0.39, 0.29) is 63.6 Å². The monoisotopic (exact) mass is 315 g/mol. The van der Waals surface area contributed by atoms with Gasteiger partial charge in [0, 0.05) is 12.4 Å². The molecule has 2 aromatic rings. The average Bonchev–Trinajstić information content (AvgIpc) is 2.76. The normalized spacial score (nSPS) is 10.2. The number of hydrogen-bond acceptors (Lipinski definition) is 5. The van der Waals surface area contributed by atoms with Gasteiger partial charge in [0.2, 0.25) is 0 Å². The fourth-order valence-corrected chi connectivity index (χ4v) is 2.84. The molecular weight excluding hydrogens is 301 g/mol. The average molecular weight is 315 g/mol. The molecule has 100 valence electrons. The van der Waals surface area contributed by atoms with Crippen LogP contribution in [-0.4, -0.2) is 16.7 Å². The van der Waals surface area contributed by atoms with Gasteiger partial charge in [-0.3, -0.25) is 4.79 Å². The van der Waals surface area contributed by atoms with Crippen LogP contribution in [0.3, 0.4) is 0 Å². The Bertz CT molecular complexity index is 564. The SMILES string of the molecule is O=C([O-])CCCCC(=O)Cc1nc2ccccc2s1.[K+]. The molecule has 0 saturated carbocycles. The van der Waals surface area contributed by atoms with Crippen molar-refractivity contribution in [2.45, 2.75) is 32.1 Å². The van der Waals surface area contributed by atoms with Gasteiger partial charge in [-0.25, -0.2) is 4.98 Å². The molecule has 0 atom stereocenters. The maximum absolute atomic E-state index is 11.7. The number of nitrogens with zero attached hydrogens (tertiary/aromatic N) is 1. The van der Waals surface area contributed by atoms with E-state index in [1.54, 1.807) is 0 Å². The van der Waals surface area contributed by atoms with Gasteiger partial charge in [-0.1, -0.05) is 12.1 Å². The minimum atomic E-state index is -1.06. The van der Waals surface area contributed by atoms with Crippen molar-refractivity contribution in [3.8, 4) is 0 Å². The number of rotatable bonds is 7. The third-order valence-electron chi connectivity index (χ3n) is 2.77. The Morgan fingerprint density at radius 3 is 2.55 bits per heavy atom. The van der Waals surface area contributed by atoms with Gasteiger partial charge in [-0.05, 0) is 31.4 Å². The van der Waals surface area contributed by atoms with Gasteiger partial charge in [0.25, 0.3) is 0 Å². The minimum Gasteiger partial charge on any atom is -0.550 e. The number of aliphatic carboxylic acids is 1. The Morgan fingerprint density at radius 1 is 1.15 bits per heavy atom. The number of aromatic nitrogens is 1. The van der Waals surface area contributed by atoms with E-state index in [2.05, 4.69) is 4.98 Å². The third-order valence-corrected chi connectivity index (χ3v) is 3.81. The van der Waals surface area contributed by atoms with Crippen LogP contribution >= 0.6 is 11.3 Å². The van der Waals surface area contributed by atoms with Crippen LogP contribution in [0, 0.1) is 0 Å². The molecule has 0 saturated heterocycles. The number of hydrogen-bond donors (Lipinski definition) is 0. The number of unbranched alkanes of at least 4 members (excludes halogenated alkanes) is 1. The van der Waals surface area contributed by atoms with Crippen LogP contribution in [0.2, 0.25) is 0 Å². The van der Waals surface area contributed by atoms with Crippen molar-refractivity contribution in [1.29, 1.82) is 0 Å². The number of Topliss-reactive ketones (excluding diaryl/α,β-unsaturated/α-hetero) is 1. The first-order chi connectivity index (χ1) is 9.15. The molecule has 2 rings (SSSR count). The second-order valence-corrected chi connectivity index (χ2v) is 5.49. The molecule has 1 heterocycles. The van der Waals surface area contributed by atoms with Crippen molar-refractivity contribution in [3.05, 3.63) is 29.3 Å². The van der Waals surface area contributed by atoms with E-state index in [1.807, 2.05) is 24.3 Å². The van der Waals surface area contributed by atoms with Crippen molar-refractivity contribution in [2.24, 2.45) is 0 Å². The molecule has 0 amide bonds. The summed E-state index contributed by atoms with van der Waals surface area (Å²) in [6, 6.07) is 7.79. The van der Waals surface area contributed by atoms with Crippen molar-refractivity contribution in [3.63, 3.8) is 0 Å². The van der Waals surface area contributed by atoms with Crippen LogP contribution in [0.15, 0.2) is 24.3 Å². The first kappa shape index (κ1) is 17.9. The molecule has 0 fully saturated rings. The summed E-state index contributed by atoms with van der Waals surface area (Å²) in [6.07, 6.45) is 1.86. The second kappa shape index (κ2) is 9.02. The van der Waals surface area contributed by atoms with E-state index in [0.29, 0.717) is 25.7 Å². The molecule has 0 N–H and O–H groups in total.